The quantitative estimate of drug-likeness (QED) is 0.895. The van der Waals surface area contributed by atoms with Gasteiger partial charge >= 0.3 is 0 Å². The van der Waals surface area contributed by atoms with Crippen LogP contribution in [0.25, 0.3) is 0 Å². The Morgan fingerprint density at radius 1 is 1.42 bits per heavy atom. The molecule has 0 heterocycles. The van der Waals surface area contributed by atoms with E-state index in [1.165, 1.54) is 11.1 Å². The number of fused-ring (bicyclic) bond motifs is 1. The van der Waals surface area contributed by atoms with Crippen molar-refractivity contribution >= 4 is 9.84 Å². The van der Waals surface area contributed by atoms with E-state index in [1.807, 2.05) is 18.2 Å². The molecule has 0 saturated carbocycles. The molecule has 2 rings (SSSR count). The average molecular weight is 283 g/mol. The van der Waals surface area contributed by atoms with E-state index in [0.717, 1.165) is 18.6 Å². The zero-order valence-corrected chi connectivity index (χ0v) is 12.2. The highest BCUT2D eigenvalue weighted by molar-refractivity contribution is 7.91. The molecular formula is C14H21NO3S. The van der Waals surface area contributed by atoms with Crippen molar-refractivity contribution in [3.05, 3.63) is 29.3 Å². The first-order valence-corrected chi connectivity index (χ1v) is 8.34. The van der Waals surface area contributed by atoms with Gasteiger partial charge in [0.1, 0.15) is 12.4 Å². The lowest BCUT2D eigenvalue weighted by atomic mass is 10.1. The van der Waals surface area contributed by atoms with Crippen molar-refractivity contribution in [1.29, 1.82) is 0 Å². The van der Waals surface area contributed by atoms with E-state index in [-0.39, 0.29) is 23.7 Å². The Morgan fingerprint density at radius 2 is 2.16 bits per heavy atom. The minimum atomic E-state index is -3.03. The first-order chi connectivity index (χ1) is 8.90. The third kappa shape index (κ3) is 3.28. The van der Waals surface area contributed by atoms with Gasteiger partial charge in [-0.15, -0.1) is 0 Å². The highest BCUT2D eigenvalue weighted by Crippen LogP contribution is 2.31. The summed E-state index contributed by atoms with van der Waals surface area (Å²) in [4.78, 5) is 0. The summed E-state index contributed by atoms with van der Waals surface area (Å²) in [6.07, 6.45) is 1.94. The molecule has 106 valence electrons. The van der Waals surface area contributed by atoms with Crippen LogP contribution in [0.5, 0.6) is 5.75 Å². The second-order valence-electron chi connectivity index (χ2n) is 5.27. The van der Waals surface area contributed by atoms with Gasteiger partial charge in [-0.2, -0.15) is 0 Å². The molecule has 19 heavy (non-hydrogen) atoms. The molecule has 5 heteroatoms. The molecule has 0 aromatic heterocycles. The monoisotopic (exact) mass is 283 g/mol. The van der Waals surface area contributed by atoms with Crippen molar-refractivity contribution in [3.8, 4) is 5.75 Å². The van der Waals surface area contributed by atoms with Crippen LogP contribution in [0.2, 0.25) is 0 Å². The minimum absolute atomic E-state index is 0.0568. The standard InChI is InChI=1S/C14H21NO3S/c1-10(2)19(16,17)8-7-18-12-4-5-13-11(9-12)3-6-14(13)15/h4-5,9-10,14H,3,6-8,15H2,1-2H3/t14-/m0/s1. The van der Waals surface area contributed by atoms with Crippen LogP contribution in [0.4, 0.5) is 0 Å². The van der Waals surface area contributed by atoms with Crippen molar-refractivity contribution in [1.82, 2.24) is 0 Å². The van der Waals surface area contributed by atoms with Crippen molar-refractivity contribution in [2.24, 2.45) is 5.73 Å². The van der Waals surface area contributed by atoms with Crippen molar-refractivity contribution in [2.75, 3.05) is 12.4 Å². The van der Waals surface area contributed by atoms with Crippen molar-refractivity contribution in [3.63, 3.8) is 0 Å². The van der Waals surface area contributed by atoms with Gasteiger partial charge in [-0.1, -0.05) is 6.07 Å². The lowest BCUT2D eigenvalue weighted by Gasteiger charge is -2.11. The van der Waals surface area contributed by atoms with Gasteiger partial charge in [0, 0.05) is 6.04 Å². The fourth-order valence-corrected chi connectivity index (χ4v) is 3.02. The van der Waals surface area contributed by atoms with Crippen molar-refractivity contribution in [2.45, 2.75) is 38.0 Å². The molecule has 0 unspecified atom stereocenters. The third-order valence-electron chi connectivity index (χ3n) is 3.59. The van der Waals surface area contributed by atoms with E-state index in [1.54, 1.807) is 13.8 Å². The summed E-state index contributed by atoms with van der Waals surface area (Å²) in [5.41, 5.74) is 8.37. The summed E-state index contributed by atoms with van der Waals surface area (Å²) in [5, 5.41) is -0.353. The normalized spacial score (nSPS) is 18.6. The van der Waals surface area contributed by atoms with Crippen LogP contribution in [-0.4, -0.2) is 26.0 Å². The van der Waals surface area contributed by atoms with Crippen LogP contribution in [0.15, 0.2) is 18.2 Å². The largest absolute Gasteiger partial charge is 0.493 e. The molecule has 0 spiro atoms. The maximum atomic E-state index is 11.7. The van der Waals surface area contributed by atoms with Gasteiger partial charge in [-0.05, 0) is 49.9 Å². The highest BCUT2D eigenvalue weighted by Gasteiger charge is 2.19. The van der Waals surface area contributed by atoms with E-state index >= 15 is 0 Å². The number of aryl methyl sites for hydroxylation is 1. The van der Waals surface area contributed by atoms with Crippen LogP contribution in [0, 0.1) is 0 Å². The van der Waals surface area contributed by atoms with Gasteiger partial charge in [0.2, 0.25) is 0 Å². The molecule has 1 aromatic carbocycles. The zero-order valence-electron chi connectivity index (χ0n) is 11.4. The number of hydrogen-bond donors (Lipinski definition) is 1. The molecule has 4 nitrogen and oxygen atoms in total. The molecule has 2 N–H and O–H groups in total. The van der Waals surface area contributed by atoms with Crippen LogP contribution in [-0.2, 0) is 16.3 Å². The van der Waals surface area contributed by atoms with Gasteiger partial charge in [-0.3, -0.25) is 0 Å². The summed E-state index contributed by atoms with van der Waals surface area (Å²) in [7, 11) is -3.03. The molecule has 0 saturated heterocycles. The zero-order chi connectivity index (χ0) is 14.0. The summed E-state index contributed by atoms with van der Waals surface area (Å²) in [6.45, 7) is 3.57. The number of hydrogen-bond acceptors (Lipinski definition) is 4. The molecule has 1 atom stereocenters. The fraction of sp³-hybridized carbons (Fsp3) is 0.571. The summed E-state index contributed by atoms with van der Waals surface area (Å²) < 4.78 is 28.8. The van der Waals surface area contributed by atoms with Gasteiger partial charge in [0.15, 0.2) is 9.84 Å². The molecule has 1 aliphatic carbocycles. The topological polar surface area (TPSA) is 69.4 Å². The number of sulfone groups is 1. The minimum Gasteiger partial charge on any atom is -0.493 e. The van der Waals surface area contributed by atoms with Gasteiger partial charge in [-0.25, -0.2) is 8.42 Å². The summed E-state index contributed by atoms with van der Waals surface area (Å²) in [6, 6.07) is 5.96. The Bertz CT molecular complexity index is 552. The summed E-state index contributed by atoms with van der Waals surface area (Å²) in [5.74, 6) is 0.785. The van der Waals surface area contributed by atoms with E-state index in [9.17, 15) is 8.42 Å². The average Bonchev–Trinajstić information content (AvgIpc) is 2.70. The van der Waals surface area contributed by atoms with Gasteiger partial charge in [0.25, 0.3) is 0 Å². The SMILES string of the molecule is CC(C)S(=O)(=O)CCOc1ccc2c(c1)CC[C@@H]2N. The van der Waals surface area contributed by atoms with Crippen LogP contribution in [0.1, 0.15) is 37.4 Å². The molecule has 0 aliphatic heterocycles. The second-order valence-corrected chi connectivity index (χ2v) is 7.95. The number of benzene rings is 1. The van der Waals surface area contributed by atoms with E-state index in [0.29, 0.717) is 0 Å². The van der Waals surface area contributed by atoms with Crippen LogP contribution < -0.4 is 10.5 Å². The lowest BCUT2D eigenvalue weighted by Crippen LogP contribution is -2.22. The van der Waals surface area contributed by atoms with E-state index in [2.05, 4.69) is 0 Å². The molecule has 1 aromatic rings. The predicted octanol–water partition coefficient (Wildman–Crippen LogP) is 1.83. The fourth-order valence-electron chi connectivity index (χ4n) is 2.23. The Labute approximate surface area is 114 Å². The molecule has 1 aliphatic rings. The molecule has 0 amide bonds. The van der Waals surface area contributed by atoms with Crippen LogP contribution >= 0.6 is 0 Å². The van der Waals surface area contributed by atoms with E-state index < -0.39 is 9.84 Å². The first-order valence-electron chi connectivity index (χ1n) is 6.63. The third-order valence-corrected chi connectivity index (χ3v) is 5.77. The Balaban J connectivity index is 1.95. The van der Waals surface area contributed by atoms with E-state index in [4.69, 9.17) is 10.5 Å². The number of ether oxygens (including phenoxy) is 1. The number of nitrogens with two attached hydrogens (primary N) is 1. The Morgan fingerprint density at radius 3 is 2.84 bits per heavy atom. The summed E-state index contributed by atoms with van der Waals surface area (Å²) >= 11 is 0. The smallest absolute Gasteiger partial charge is 0.155 e. The highest BCUT2D eigenvalue weighted by atomic mass is 32.2. The lowest BCUT2D eigenvalue weighted by molar-refractivity contribution is 0.340. The maximum absolute atomic E-state index is 11.7. The Kier molecular flexibility index (Phi) is 4.16. The first kappa shape index (κ1) is 14.3. The maximum Gasteiger partial charge on any atom is 0.155 e. The molecular weight excluding hydrogens is 262 g/mol. The number of rotatable bonds is 5. The second kappa shape index (κ2) is 5.51. The van der Waals surface area contributed by atoms with Gasteiger partial charge in [0.05, 0.1) is 11.0 Å². The molecule has 0 radical (unpaired) electrons. The van der Waals surface area contributed by atoms with Gasteiger partial charge < -0.3 is 10.5 Å². The predicted molar refractivity (Wildman–Crippen MR) is 76.1 cm³/mol. The molecule has 0 bridgehead atoms. The Hall–Kier alpha value is -1.07. The van der Waals surface area contributed by atoms with Crippen molar-refractivity contribution < 1.29 is 13.2 Å². The van der Waals surface area contributed by atoms with Crippen LogP contribution in [0.3, 0.4) is 0 Å². The molecule has 0 fully saturated rings.